The first-order valence-corrected chi connectivity index (χ1v) is 4.88. The van der Waals surface area contributed by atoms with E-state index in [1.807, 2.05) is 18.2 Å². The van der Waals surface area contributed by atoms with Gasteiger partial charge >= 0.3 is 0 Å². The van der Waals surface area contributed by atoms with Crippen LogP contribution < -0.4 is 0 Å². The predicted octanol–water partition coefficient (Wildman–Crippen LogP) is 3.86. The highest BCUT2D eigenvalue weighted by atomic mass is 79.9. The molecular formula is C12H11BrO. The summed E-state index contributed by atoms with van der Waals surface area (Å²) in [5, 5.41) is 0. The van der Waals surface area contributed by atoms with Crippen LogP contribution in [0.4, 0.5) is 0 Å². The van der Waals surface area contributed by atoms with Gasteiger partial charge < -0.3 is 4.74 Å². The van der Waals surface area contributed by atoms with Crippen molar-refractivity contribution in [2.24, 2.45) is 0 Å². The third-order valence-electron chi connectivity index (χ3n) is 1.84. The molecule has 2 heteroatoms. The van der Waals surface area contributed by atoms with Gasteiger partial charge in [0.15, 0.2) is 5.76 Å². The summed E-state index contributed by atoms with van der Waals surface area (Å²) in [6, 6.07) is 5.86. The van der Waals surface area contributed by atoms with Crippen molar-refractivity contribution in [3.8, 4) is 0 Å². The Hall–Kier alpha value is -1.24. The molecule has 1 nitrogen and oxygen atoms in total. The molecule has 14 heavy (non-hydrogen) atoms. The molecule has 0 bridgehead atoms. The molecule has 0 aromatic heterocycles. The van der Waals surface area contributed by atoms with E-state index in [0.717, 1.165) is 15.6 Å². The van der Waals surface area contributed by atoms with Crippen molar-refractivity contribution in [1.82, 2.24) is 0 Å². The van der Waals surface area contributed by atoms with Gasteiger partial charge in [0.2, 0.25) is 0 Å². The first kappa shape index (κ1) is 10.8. The molecule has 0 saturated heterocycles. The second kappa shape index (κ2) is 4.85. The third-order valence-corrected chi connectivity index (χ3v) is 2.34. The van der Waals surface area contributed by atoms with Crippen molar-refractivity contribution < 1.29 is 4.74 Å². The van der Waals surface area contributed by atoms with Crippen LogP contribution in [0, 0.1) is 0 Å². The van der Waals surface area contributed by atoms with Crippen molar-refractivity contribution in [3.05, 3.63) is 52.7 Å². The van der Waals surface area contributed by atoms with Crippen molar-refractivity contribution in [3.63, 3.8) is 0 Å². The second-order valence-electron chi connectivity index (χ2n) is 2.65. The van der Waals surface area contributed by atoms with E-state index >= 15 is 0 Å². The standard InChI is InChI=1S/C12H11BrO/c1-4-9-8-10(13)6-7-11(9)12(5-2)14-3/h4,6-8H,1-2H2,3H3. The van der Waals surface area contributed by atoms with Crippen LogP contribution in [0.25, 0.3) is 11.8 Å². The third kappa shape index (κ3) is 2.16. The Bertz CT molecular complexity index is 401. The summed E-state index contributed by atoms with van der Waals surface area (Å²) in [5.74, 6) is 0.632. The van der Waals surface area contributed by atoms with E-state index in [-0.39, 0.29) is 0 Å². The first-order valence-electron chi connectivity index (χ1n) is 4.09. The monoisotopic (exact) mass is 250 g/mol. The Morgan fingerprint density at radius 1 is 1.57 bits per heavy atom. The molecule has 0 amide bonds. The van der Waals surface area contributed by atoms with E-state index in [9.17, 15) is 0 Å². The number of methoxy groups -OCH3 is 1. The van der Waals surface area contributed by atoms with E-state index in [1.165, 1.54) is 0 Å². The highest BCUT2D eigenvalue weighted by molar-refractivity contribution is 9.10. The van der Waals surface area contributed by atoms with Crippen LogP contribution in [0.1, 0.15) is 11.1 Å². The van der Waals surface area contributed by atoms with Gasteiger partial charge in [-0.1, -0.05) is 40.9 Å². The zero-order valence-electron chi connectivity index (χ0n) is 8.01. The number of hydrogen-bond acceptors (Lipinski definition) is 1. The second-order valence-corrected chi connectivity index (χ2v) is 3.56. The average Bonchev–Trinajstić information content (AvgIpc) is 2.21. The molecule has 1 aromatic carbocycles. The minimum atomic E-state index is 0.632. The molecule has 0 radical (unpaired) electrons. The fourth-order valence-electron chi connectivity index (χ4n) is 1.19. The van der Waals surface area contributed by atoms with Gasteiger partial charge in [0.1, 0.15) is 0 Å². The molecule has 72 valence electrons. The lowest BCUT2D eigenvalue weighted by Crippen LogP contribution is -1.89. The van der Waals surface area contributed by atoms with Gasteiger partial charge in [0, 0.05) is 10.0 Å². The van der Waals surface area contributed by atoms with Crippen LogP contribution in [0.5, 0.6) is 0 Å². The zero-order chi connectivity index (χ0) is 10.6. The molecule has 0 fully saturated rings. The summed E-state index contributed by atoms with van der Waals surface area (Å²) >= 11 is 3.40. The summed E-state index contributed by atoms with van der Waals surface area (Å²) in [6.07, 6.45) is 1.77. The van der Waals surface area contributed by atoms with Gasteiger partial charge in [-0.15, -0.1) is 0 Å². The molecule has 0 atom stereocenters. The van der Waals surface area contributed by atoms with Gasteiger partial charge in [0.25, 0.3) is 0 Å². The lowest BCUT2D eigenvalue weighted by molar-refractivity contribution is 0.371. The van der Waals surface area contributed by atoms with E-state index in [4.69, 9.17) is 4.74 Å². The number of ether oxygens (including phenoxy) is 1. The van der Waals surface area contributed by atoms with E-state index in [0.29, 0.717) is 5.76 Å². The highest BCUT2D eigenvalue weighted by Gasteiger charge is 2.05. The maximum Gasteiger partial charge on any atom is 0.169 e. The number of rotatable bonds is 3. The van der Waals surface area contributed by atoms with Crippen LogP contribution in [0.3, 0.4) is 0 Å². The van der Waals surface area contributed by atoms with Crippen molar-refractivity contribution in [2.45, 2.75) is 0 Å². The van der Waals surface area contributed by atoms with Crippen LogP contribution in [0.2, 0.25) is 0 Å². The molecule has 0 N–H and O–H groups in total. The van der Waals surface area contributed by atoms with Crippen molar-refractivity contribution in [1.29, 1.82) is 0 Å². The lowest BCUT2D eigenvalue weighted by Gasteiger charge is -2.07. The fraction of sp³-hybridized carbons (Fsp3) is 0.0833. The minimum absolute atomic E-state index is 0.632. The van der Waals surface area contributed by atoms with Crippen LogP contribution in [-0.2, 0) is 4.74 Å². The topological polar surface area (TPSA) is 9.23 Å². The minimum Gasteiger partial charge on any atom is -0.489 e. The Labute approximate surface area is 92.5 Å². The van der Waals surface area contributed by atoms with E-state index in [2.05, 4.69) is 34.8 Å². The summed E-state index contributed by atoms with van der Waals surface area (Å²) < 4.78 is 6.16. The fourth-order valence-corrected chi connectivity index (χ4v) is 1.57. The molecule has 0 spiro atoms. The summed E-state index contributed by atoms with van der Waals surface area (Å²) in [5.41, 5.74) is 4.68. The van der Waals surface area contributed by atoms with Gasteiger partial charge in [-0.25, -0.2) is 0 Å². The Balaban J connectivity index is 3.33. The van der Waals surface area contributed by atoms with Gasteiger partial charge in [0.05, 0.1) is 7.11 Å². The first-order chi connectivity index (χ1) is 6.72. The van der Waals surface area contributed by atoms with Crippen LogP contribution in [0.15, 0.2) is 41.6 Å². The van der Waals surface area contributed by atoms with Gasteiger partial charge in [-0.3, -0.25) is 0 Å². The van der Waals surface area contributed by atoms with Gasteiger partial charge in [-0.2, -0.15) is 0 Å². The maximum absolute atomic E-state index is 5.15. The lowest BCUT2D eigenvalue weighted by atomic mass is 10.1. The average molecular weight is 251 g/mol. The molecular weight excluding hydrogens is 240 g/mol. The Morgan fingerprint density at radius 3 is 2.79 bits per heavy atom. The van der Waals surface area contributed by atoms with Crippen LogP contribution in [-0.4, -0.2) is 7.11 Å². The smallest absolute Gasteiger partial charge is 0.169 e. The quantitative estimate of drug-likeness (QED) is 0.585. The molecule has 0 unspecified atom stereocenters. The largest absolute Gasteiger partial charge is 0.489 e. The van der Waals surface area contributed by atoms with Crippen molar-refractivity contribution >= 4 is 27.8 Å². The Morgan fingerprint density at radius 2 is 2.29 bits per heavy atom. The Kier molecular flexibility index (Phi) is 3.75. The zero-order valence-corrected chi connectivity index (χ0v) is 9.60. The molecule has 1 aromatic rings. The number of halogens is 1. The van der Waals surface area contributed by atoms with Crippen LogP contribution >= 0.6 is 15.9 Å². The maximum atomic E-state index is 5.15. The highest BCUT2D eigenvalue weighted by Crippen LogP contribution is 2.23. The molecule has 0 aliphatic carbocycles. The molecule has 1 rings (SSSR count). The van der Waals surface area contributed by atoms with Gasteiger partial charge in [-0.05, 0) is 23.8 Å². The van der Waals surface area contributed by atoms with E-state index < -0.39 is 0 Å². The molecule has 0 aliphatic rings. The van der Waals surface area contributed by atoms with E-state index in [1.54, 1.807) is 13.2 Å². The summed E-state index contributed by atoms with van der Waals surface area (Å²) in [6.45, 7) is 7.32. The summed E-state index contributed by atoms with van der Waals surface area (Å²) in [7, 11) is 1.60. The molecule has 0 saturated carbocycles. The van der Waals surface area contributed by atoms with Crippen molar-refractivity contribution in [2.75, 3.05) is 7.11 Å². The number of benzene rings is 1. The molecule has 0 aliphatic heterocycles. The normalized spacial score (nSPS) is 9.00. The number of hydrogen-bond donors (Lipinski definition) is 0. The predicted molar refractivity (Wildman–Crippen MR) is 63.8 cm³/mol. The molecule has 0 heterocycles. The SMILES string of the molecule is C=C=C(OC)c1ccc(Br)cc1C=C. The summed E-state index contributed by atoms with van der Waals surface area (Å²) in [4.78, 5) is 0.